The minimum atomic E-state index is -0.379. The molecule has 0 atom stereocenters. The smallest absolute Gasteiger partial charge is 0.169 e. The number of ether oxygens (including phenoxy) is 1. The quantitative estimate of drug-likeness (QED) is 0.930. The fourth-order valence-electron chi connectivity index (χ4n) is 1.70. The van der Waals surface area contributed by atoms with Gasteiger partial charge in [0.2, 0.25) is 0 Å². The molecule has 0 aliphatic heterocycles. The predicted octanol–water partition coefficient (Wildman–Crippen LogP) is 3.33. The summed E-state index contributed by atoms with van der Waals surface area (Å²) in [5.74, 6) is 1.14. The van der Waals surface area contributed by atoms with Crippen LogP contribution in [0.3, 0.4) is 0 Å². The van der Waals surface area contributed by atoms with Crippen LogP contribution >= 0.6 is 0 Å². The number of nitrogens with zero attached hydrogens (tertiary/aromatic N) is 2. The van der Waals surface area contributed by atoms with Crippen molar-refractivity contribution in [1.29, 1.82) is 0 Å². The SMILES string of the molecule is Cc1ccc(F)cc1Oc1cnc(C(C)C)nc1CO. The van der Waals surface area contributed by atoms with Gasteiger partial charge in [-0.1, -0.05) is 19.9 Å². The highest BCUT2D eigenvalue weighted by molar-refractivity contribution is 5.38. The summed E-state index contributed by atoms with van der Waals surface area (Å²) in [5.41, 5.74) is 1.19. The van der Waals surface area contributed by atoms with Crippen molar-refractivity contribution in [2.75, 3.05) is 0 Å². The summed E-state index contributed by atoms with van der Waals surface area (Å²) in [5, 5.41) is 9.38. The highest BCUT2D eigenvalue weighted by Gasteiger charge is 2.12. The second-order valence-corrected chi connectivity index (χ2v) is 4.86. The molecule has 20 heavy (non-hydrogen) atoms. The van der Waals surface area contributed by atoms with Crippen LogP contribution in [0.15, 0.2) is 24.4 Å². The molecule has 0 fully saturated rings. The molecule has 1 aromatic heterocycles. The van der Waals surface area contributed by atoms with Crippen molar-refractivity contribution in [2.45, 2.75) is 33.3 Å². The minimum absolute atomic E-state index is 0.158. The first-order valence-corrected chi connectivity index (χ1v) is 6.42. The third-order valence-corrected chi connectivity index (χ3v) is 2.88. The summed E-state index contributed by atoms with van der Waals surface area (Å²) in [7, 11) is 0. The van der Waals surface area contributed by atoms with Crippen molar-refractivity contribution < 1.29 is 14.2 Å². The maximum Gasteiger partial charge on any atom is 0.169 e. The van der Waals surface area contributed by atoms with E-state index in [1.54, 1.807) is 6.07 Å². The Kier molecular flexibility index (Phi) is 4.29. The molecule has 0 unspecified atom stereocenters. The Morgan fingerprint density at radius 3 is 2.70 bits per heavy atom. The maximum atomic E-state index is 13.2. The minimum Gasteiger partial charge on any atom is -0.453 e. The molecule has 1 N–H and O–H groups in total. The van der Waals surface area contributed by atoms with E-state index in [9.17, 15) is 9.50 Å². The van der Waals surface area contributed by atoms with Crippen molar-refractivity contribution in [2.24, 2.45) is 0 Å². The zero-order valence-corrected chi connectivity index (χ0v) is 11.7. The monoisotopic (exact) mass is 276 g/mol. The van der Waals surface area contributed by atoms with Gasteiger partial charge in [0, 0.05) is 12.0 Å². The van der Waals surface area contributed by atoms with E-state index in [1.165, 1.54) is 18.3 Å². The first-order valence-electron chi connectivity index (χ1n) is 6.42. The second-order valence-electron chi connectivity index (χ2n) is 4.86. The van der Waals surface area contributed by atoms with E-state index in [0.29, 0.717) is 23.0 Å². The van der Waals surface area contributed by atoms with Gasteiger partial charge in [0.1, 0.15) is 23.1 Å². The van der Waals surface area contributed by atoms with E-state index < -0.39 is 0 Å². The van der Waals surface area contributed by atoms with Gasteiger partial charge < -0.3 is 9.84 Å². The summed E-state index contributed by atoms with van der Waals surface area (Å²) < 4.78 is 18.9. The molecule has 106 valence electrons. The number of hydrogen-bond acceptors (Lipinski definition) is 4. The summed E-state index contributed by atoms with van der Waals surface area (Å²) in [6, 6.07) is 4.30. The van der Waals surface area contributed by atoms with E-state index in [-0.39, 0.29) is 18.3 Å². The maximum absolute atomic E-state index is 13.2. The first kappa shape index (κ1) is 14.4. The lowest BCUT2D eigenvalue weighted by Crippen LogP contribution is -2.04. The van der Waals surface area contributed by atoms with Crippen molar-refractivity contribution >= 4 is 0 Å². The van der Waals surface area contributed by atoms with Gasteiger partial charge in [-0.3, -0.25) is 0 Å². The van der Waals surface area contributed by atoms with Crippen LogP contribution in [-0.2, 0) is 6.61 Å². The van der Waals surface area contributed by atoms with Crippen LogP contribution in [0.1, 0.15) is 36.8 Å². The average Bonchev–Trinajstić information content (AvgIpc) is 2.43. The molecule has 2 aromatic rings. The summed E-state index contributed by atoms with van der Waals surface area (Å²) >= 11 is 0. The highest BCUT2D eigenvalue weighted by Crippen LogP contribution is 2.28. The number of halogens is 1. The van der Waals surface area contributed by atoms with Gasteiger partial charge in [0.15, 0.2) is 5.75 Å². The Morgan fingerprint density at radius 1 is 1.30 bits per heavy atom. The lowest BCUT2D eigenvalue weighted by molar-refractivity contribution is 0.269. The lowest BCUT2D eigenvalue weighted by Gasteiger charge is -2.12. The Labute approximate surface area is 117 Å². The Morgan fingerprint density at radius 2 is 2.05 bits per heavy atom. The van der Waals surface area contributed by atoms with Crippen LogP contribution in [-0.4, -0.2) is 15.1 Å². The fourth-order valence-corrected chi connectivity index (χ4v) is 1.70. The molecule has 0 radical (unpaired) electrons. The number of aliphatic hydroxyl groups excluding tert-OH is 1. The van der Waals surface area contributed by atoms with Crippen molar-refractivity contribution in [3.05, 3.63) is 47.3 Å². The van der Waals surface area contributed by atoms with E-state index in [2.05, 4.69) is 9.97 Å². The summed E-state index contributed by atoms with van der Waals surface area (Å²) in [6.07, 6.45) is 1.51. The third kappa shape index (κ3) is 3.11. The van der Waals surface area contributed by atoms with Gasteiger partial charge in [-0.05, 0) is 18.6 Å². The molecule has 2 rings (SSSR count). The van der Waals surface area contributed by atoms with Crippen LogP contribution < -0.4 is 4.74 Å². The van der Waals surface area contributed by atoms with E-state index in [1.807, 2.05) is 20.8 Å². The molecular formula is C15H17FN2O2. The zero-order valence-electron chi connectivity index (χ0n) is 11.7. The molecule has 0 aliphatic carbocycles. The first-order chi connectivity index (χ1) is 9.51. The fraction of sp³-hybridized carbons (Fsp3) is 0.333. The molecular weight excluding hydrogens is 259 g/mol. The molecule has 1 heterocycles. The number of aryl methyl sites for hydroxylation is 1. The van der Waals surface area contributed by atoms with Gasteiger partial charge in [0.25, 0.3) is 0 Å². The topological polar surface area (TPSA) is 55.2 Å². The van der Waals surface area contributed by atoms with Gasteiger partial charge in [-0.2, -0.15) is 0 Å². The van der Waals surface area contributed by atoms with Gasteiger partial charge in [-0.25, -0.2) is 14.4 Å². The molecule has 4 nitrogen and oxygen atoms in total. The average molecular weight is 276 g/mol. The van der Waals surface area contributed by atoms with Crippen molar-refractivity contribution in [3.8, 4) is 11.5 Å². The summed E-state index contributed by atoms with van der Waals surface area (Å²) in [4.78, 5) is 8.45. The number of hydrogen-bond donors (Lipinski definition) is 1. The molecule has 1 aromatic carbocycles. The predicted molar refractivity (Wildman–Crippen MR) is 73.3 cm³/mol. The largest absolute Gasteiger partial charge is 0.453 e. The Bertz CT molecular complexity index is 615. The molecule has 0 spiro atoms. The van der Waals surface area contributed by atoms with Crippen molar-refractivity contribution in [1.82, 2.24) is 9.97 Å². The second kappa shape index (κ2) is 5.96. The zero-order chi connectivity index (χ0) is 14.7. The molecule has 0 amide bonds. The normalized spacial score (nSPS) is 10.9. The van der Waals surface area contributed by atoms with Crippen LogP contribution in [0.5, 0.6) is 11.5 Å². The van der Waals surface area contributed by atoms with Crippen LogP contribution in [0.2, 0.25) is 0 Å². The molecule has 0 saturated heterocycles. The van der Waals surface area contributed by atoms with Gasteiger partial charge >= 0.3 is 0 Å². The Balaban J connectivity index is 2.35. The van der Waals surface area contributed by atoms with Crippen LogP contribution in [0.4, 0.5) is 4.39 Å². The lowest BCUT2D eigenvalue weighted by atomic mass is 10.2. The van der Waals surface area contributed by atoms with E-state index in [4.69, 9.17) is 4.74 Å². The highest BCUT2D eigenvalue weighted by atomic mass is 19.1. The molecule has 0 saturated carbocycles. The number of benzene rings is 1. The Hall–Kier alpha value is -2.01. The third-order valence-electron chi connectivity index (χ3n) is 2.88. The van der Waals surface area contributed by atoms with Crippen LogP contribution in [0, 0.1) is 12.7 Å². The van der Waals surface area contributed by atoms with Crippen LogP contribution in [0.25, 0.3) is 0 Å². The molecule has 5 heteroatoms. The molecule has 0 aliphatic rings. The molecule has 0 bridgehead atoms. The standard InChI is InChI=1S/C15H17FN2O2/c1-9(2)15-17-7-14(12(8-19)18-15)20-13-6-11(16)5-4-10(13)3/h4-7,9,19H,8H2,1-3H3. The van der Waals surface area contributed by atoms with E-state index in [0.717, 1.165) is 5.56 Å². The number of aliphatic hydroxyl groups is 1. The summed E-state index contributed by atoms with van der Waals surface area (Å²) in [6.45, 7) is 5.49. The van der Waals surface area contributed by atoms with E-state index >= 15 is 0 Å². The van der Waals surface area contributed by atoms with Gasteiger partial charge in [-0.15, -0.1) is 0 Å². The number of aromatic nitrogens is 2. The van der Waals surface area contributed by atoms with Gasteiger partial charge in [0.05, 0.1) is 12.8 Å². The van der Waals surface area contributed by atoms with Crippen molar-refractivity contribution in [3.63, 3.8) is 0 Å². The number of rotatable bonds is 4.